The summed E-state index contributed by atoms with van der Waals surface area (Å²) in [5.74, 6) is -1.01. The molecule has 0 aromatic heterocycles. The second kappa shape index (κ2) is 6.28. The number of hydrogen-bond acceptors (Lipinski definition) is 4. The summed E-state index contributed by atoms with van der Waals surface area (Å²) in [6.07, 6.45) is 5.91. The third-order valence-corrected chi connectivity index (χ3v) is 5.46. The van der Waals surface area contributed by atoms with Crippen molar-refractivity contribution in [3.05, 3.63) is 69.7 Å². The lowest BCUT2D eigenvalue weighted by atomic mass is 9.66. The molecule has 0 bridgehead atoms. The van der Waals surface area contributed by atoms with E-state index in [0.29, 0.717) is 11.3 Å². The zero-order chi connectivity index (χ0) is 18.3. The minimum Gasteiger partial charge on any atom is -0.383 e. The number of amidine groups is 1. The first-order valence-corrected chi connectivity index (χ1v) is 8.72. The highest BCUT2D eigenvalue weighted by Crippen LogP contribution is 2.51. The molecule has 2 N–H and O–H groups in total. The van der Waals surface area contributed by atoms with Crippen LogP contribution >= 0.6 is 0 Å². The number of benzene rings is 1. The number of rotatable bonds is 1. The van der Waals surface area contributed by atoms with Gasteiger partial charge < -0.3 is 5.73 Å². The Bertz CT molecular complexity index is 998. The molecule has 0 saturated heterocycles. The lowest BCUT2D eigenvalue weighted by Gasteiger charge is -2.38. The number of nitriles is 2. The van der Waals surface area contributed by atoms with Crippen LogP contribution < -0.4 is 5.73 Å². The van der Waals surface area contributed by atoms with E-state index in [0.717, 1.165) is 31.3 Å². The Labute approximate surface area is 151 Å². The Morgan fingerprint density at radius 2 is 1.85 bits per heavy atom. The molecule has 0 amide bonds. The van der Waals surface area contributed by atoms with Gasteiger partial charge in [-0.05, 0) is 49.0 Å². The van der Waals surface area contributed by atoms with Gasteiger partial charge in [-0.2, -0.15) is 10.5 Å². The van der Waals surface area contributed by atoms with Gasteiger partial charge in [0.15, 0.2) is 0 Å². The van der Waals surface area contributed by atoms with E-state index >= 15 is 0 Å². The Kier molecular flexibility index (Phi) is 3.93. The van der Waals surface area contributed by atoms with Crippen LogP contribution in [0.1, 0.15) is 37.2 Å². The van der Waals surface area contributed by atoms with Crippen LogP contribution in [-0.4, -0.2) is 5.84 Å². The second-order valence-corrected chi connectivity index (χ2v) is 6.81. The SMILES string of the molecule is N#CC1=C(C#N)[C@@H]2C(=CC3=C(CCCC3)[C@@H]2c2ccccc2F)N=C1N. The largest absolute Gasteiger partial charge is 0.383 e. The number of nitrogens with zero attached hydrogens (tertiary/aromatic N) is 3. The van der Waals surface area contributed by atoms with E-state index in [2.05, 4.69) is 11.1 Å². The van der Waals surface area contributed by atoms with Crippen LogP contribution in [0.25, 0.3) is 0 Å². The first-order chi connectivity index (χ1) is 12.7. The predicted octanol–water partition coefficient (Wildman–Crippen LogP) is 4.01. The van der Waals surface area contributed by atoms with E-state index in [1.165, 1.54) is 11.6 Å². The van der Waals surface area contributed by atoms with Gasteiger partial charge in [-0.1, -0.05) is 23.8 Å². The molecule has 0 radical (unpaired) electrons. The third kappa shape index (κ3) is 2.36. The van der Waals surface area contributed by atoms with E-state index in [9.17, 15) is 14.9 Å². The van der Waals surface area contributed by atoms with E-state index in [1.54, 1.807) is 18.2 Å². The lowest BCUT2D eigenvalue weighted by molar-refractivity contribution is 0.506. The highest BCUT2D eigenvalue weighted by Gasteiger charge is 2.42. The van der Waals surface area contributed by atoms with Crippen LogP contribution in [0.3, 0.4) is 0 Å². The van der Waals surface area contributed by atoms with Gasteiger partial charge in [-0.3, -0.25) is 0 Å². The first-order valence-electron chi connectivity index (χ1n) is 8.72. The minimum absolute atomic E-state index is 0.0682. The molecule has 1 aromatic rings. The lowest BCUT2D eigenvalue weighted by Crippen LogP contribution is -2.32. The molecular weight excluding hydrogens is 327 g/mol. The summed E-state index contributed by atoms with van der Waals surface area (Å²) in [5.41, 5.74) is 9.88. The number of dihydropyridines is 1. The van der Waals surface area contributed by atoms with E-state index in [1.807, 2.05) is 12.1 Å². The molecule has 3 aliphatic rings. The van der Waals surface area contributed by atoms with E-state index in [4.69, 9.17) is 5.73 Å². The van der Waals surface area contributed by atoms with Crippen molar-refractivity contribution in [1.82, 2.24) is 0 Å². The molecule has 0 fully saturated rings. The Morgan fingerprint density at radius 1 is 1.08 bits per heavy atom. The first kappa shape index (κ1) is 16.3. The number of nitrogens with two attached hydrogens (primary N) is 1. The summed E-state index contributed by atoms with van der Waals surface area (Å²) in [6, 6.07) is 10.8. The zero-order valence-corrected chi connectivity index (χ0v) is 14.2. The average molecular weight is 344 g/mol. The monoisotopic (exact) mass is 344 g/mol. The van der Waals surface area contributed by atoms with Crippen molar-refractivity contribution >= 4 is 5.84 Å². The molecule has 4 rings (SSSR count). The van der Waals surface area contributed by atoms with Crippen molar-refractivity contribution in [2.45, 2.75) is 31.6 Å². The fraction of sp³-hybridized carbons (Fsp3) is 0.286. The smallest absolute Gasteiger partial charge is 0.142 e. The molecular formula is C21H17FN4. The molecule has 1 aliphatic heterocycles. The van der Waals surface area contributed by atoms with E-state index in [-0.39, 0.29) is 28.7 Å². The number of hydrogen-bond donors (Lipinski definition) is 1. The third-order valence-electron chi connectivity index (χ3n) is 5.46. The van der Waals surface area contributed by atoms with E-state index < -0.39 is 5.92 Å². The van der Waals surface area contributed by atoms with Crippen molar-refractivity contribution in [3.63, 3.8) is 0 Å². The number of aliphatic imine (C=N–C) groups is 1. The van der Waals surface area contributed by atoms with Crippen molar-refractivity contribution in [3.8, 4) is 12.1 Å². The fourth-order valence-electron chi connectivity index (χ4n) is 4.35. The molecule has 1 aromatic carbocycles. The molecule has 4 nitrogen and oxygen atoms in total. The van der Waals surface area contributed by atoms with Crippen LogP contribution in [0.5, 0.6) is 0 Å². The standard InChI is InChI=1S/C21H17FN4/c22-17-8-4-3-7-14(17)19-13-6-2-1-5-12(13)9-18-20(19)15(10-23)16(11-24)21(25)26-18/h3-4,7-9,19-20H,1-2,5-6H2,(H2,25,26)/t19-,20-/m1/s1. The van der Waals surface area contributed by atoms with Crippen LogP contribution in [0.15, 0.2) is 63.3 Å². The molecule has 1 heterocycles. The molecule has 128 valence electrons. The van der Waals surface area contributed by atoms with Gasteiger partial charge in [-0.15, -0.1) is 0 Å². The normalized spacial score (nSPS) is 24.7. The maximum atomic E-state index is 14.7. The molecule has 2 aliphatic carbocycles. The number of halogens is 1. The van der Waals surface area contributed by atoms with Crippen LogP contribution in [0, 0.1) is 34.4 Å². The van der Waals surface area contributed by atoms with Crippen molar-refractivity contribution in [1.29, 1.82) is 10.5 Å². The van der Waals surface area contributed by atoms with Gasteiger partial charge in [0.05, 0.1) is 17.3 Å². The van der Waals surface area contributed by atoms with Crippen molar-refractivity contribution < 1.29 is 4.39 Å². The maximum absolute atomic E-state index is 14.7. The van der Waals surface area contributed by atoms with Crippen LogP contribution in [0.4, 0.5) is 4.39 Å². The molecule has 0 saturated carbocycles. The zero-order valence-electron chi connectivity index (χ0n) is 14.2. The van der Waals surface area contributed by atoms with Crippen molar-refractivity contribution in [2.24, 2.45) is 16.6 Å². The summed E-state index contributed by atoms with van der Waals surface area (Å²) in [5, 5.41) is 19.2. The number of fused-ring (bicyclic) bond motifs is 1. The topological polar surface area (TPSA) is 86.0 Å². The van der Waals surface area contributed by atoms with Gasteiger partial charge >= 0.3 is 0 Å². The predicted molar refractivity (Wildman–Crippen MR) is 96.1 cm³/mol. The average Bonchev–Trinajstić information content (AvgIpc) is 2.66. The Balaban J connectivity index is 1.99. The van der Waals surface area contributed by atoms with Crippen LogP contribution in [-0.2, 0) is 0 Å². The fourth-order valence-corrected chi connectivity index (χ4v) is 4.35. The highest BCUT2D eigenvalue weighted by molar-refractivity contribution is 6.04. The van der Waals surface area contributed by atoms with Gasteiger partial charge in [0, 0.05) is 11.8 Å². The molecule has 2 atom stereocenters. The second-order valence-electron chi connectivity index (χ2n) is 6.81. The molecule has 0 spiro atoms. The minimum atomic E-state index is -0.462. The van der Waals surface area contributed by atoms with Gasteiger partial charge in [0.1, 0.15) is 23.3 Å². The molecule has 26 heavy (non-hydrogen) atoms. The number of allylic oxidation sites excluding steroid dienone is 4. The molecule has 0 unspecified atom stereocenters. The van der Waals surface area contributed by atoms with Crippen LogP contribution in [0.2, 0.25) is 0 Å². The maximum Gasteiger partial charge on any atom is 0.142 e. The Hall–Kier alpha value is -3.18. The molecule has 5 heteroatoms. The quantitative estimate of drug-likeness (QED) is 0.835. The van der Waals surface area contributed by atoms with Gasteiger partial charge in [0.25, 0.3) is 0 Å². The Morgan fingerprint density at radius 3 is 2.58 bits per heavy atom. The summed E-state index contributed by atoms with van der Waals surface area (Å²) < 4.78 is 14.7. The summed E-state index contributed by atoms with van der Waals surface area (Å²) in [6.45, 7) is 0. The highest BCUT2D eigenvalue weighted by atomic mass is 19.1. The summed E-state index contributed by atoms with van der Waals surface area (Å²) in [7, 11) is 0. The van der Waals surface area contributed by atoms with Gasteiger partial charge in [0.2, 0.25) is 0 Å². The van der Waals surface area contributed by atoms with Crippen molar-refractivity contribution in [2.75, 3.05) is 0 Å². The van der Waals surface area contributed by atoms with Gasteiger partial charge in [-0.25, -0.2) is 9.38 Å². The summed E-state index contributed by atoms with van der Waals surface area (Å²) in [4.78, 5) is 4.42. The summed E-state index contributed by atoms with van der Waals surface area (Å²) >= 11 is 0.